The van der Waals surface area contributed by atoms with Gasteiger partial charge in [0.15, 0.2) is 0 Å². The quantitative estimate of drug-likeness (QED) is 0.564. The Morgan fingerprint density at radius 3 is 2.24 bits per heavy atom. The Kier molecular flexibility index (Phi) is 14.7. The minimum absolute atomic E-state index is 0.0417. The molecule has 1 aliphatic rings. The lowest BCUT2D eigenvalue weighted by molar-refractivity contribution is -0.117. The van der Waals surface area contributed by atoms with Gasteiger partial charge < -0.3 is 14.8 Å². The van der Waals surface area contributed by atoms with Gasteiger partial charge in [-0.3, -0.25) is 4.79 Å². The molecule has 0 saturated carbocycles. The van der Waals surface area contributed by atoms with Crippen LogP contribution >= 0.6 is 0 Å². The Hall–Kier alpha value is -1.13. The van der Waals surface area contributed by atoms with Gasteiger partial charge in [0.2, 0.25) is 6.41 Å². The SMILES string of the molecule is C=C/C(C)=C/CC1OC(C)C(NC=O)CC1C.CC.COC(C)(C)C. The Morgan fingerprint density at radius 2 is 1.84 bits per heavy atom. The number of allylic oxidation sites excluding steroid dienone is 2. The lowest BCUT2D eigenvalue weighted by Crippen LogP contribution is -2.48. The summed E-state index contributed by atoms with van der Waals surface area (Å²) in [5.41, 5.74) is 1.22. The van der Waals surface area contributed by atoms with Crippen molar-refractivity contribution in [1.29, 1.82) is 0 Å². The highest BCUT2D eigenvalue weighted by molar-refractivity contribution is 5.46. The second-order valence-electron chi connectivity index (χ2n) is 7.19. The molecule has 4 unspecified atom stereocenters. The molecule has 1 aliphatic heterocycles. The molecule has 1 heterocycles. The predicted octanol–water partition coefficient (Wildman–Crippen LogP) is 4.89. The third kappa shape index (κ3) is 12.8. The zero-order valence-electron chi connectivity index (χ0n) is 17.9. The molecule has 0 aromatic carbocycles. The van der Waals surface area contributed by atoms with Crippen LogP contribution in [-0.4, -0.2) is 37.4 Å². The average Bonchev–Trinajstić information content (AvgIpc) is 2.58. The standard InChI is InChI=1S/C14H23NO2.C5H12O.C2H6/c1-5-10(2)6-7-14-11(3)8-13(15-9-16)12(4)17-14;1-5(2,3)6-4;1-2/h5-6,9,11-14H,1,7-8H2,2-4H3,(H,15,16);1-4H3;1-2H3/b10-6+;;. The van der Waals surface area contributed by atoms with Gasteiger partial charge in [-0.05, 0) is 53.4 Å². The molecule has 0 aromatic rings. The van der Waals surface area contributed by atoms with Crippen LogP contribution in [0.2, 0.25) is 0 Å². The highest BCUT2D eigenvalue weighted by Crippen LogP contribution is 2.27. The van der Waals surface area contributed by atoms with Crippen LogP contribution < -0.4 is 5.32 Å². The summed E-state index contributed by atoms with van der Waals surface area (Å²) in [6.07, 6.45) is 6.99. The molecule has 0 bridgehead atoms. The summed E-state index contributed by atoms with van der Waals surface area (Å²) in [5.74, 6) is 0.456. The van der Waals surface area contributed by atoms with E-state index in [9.17, 15) is 4.79 Å². The van der Waals surface area contributed by atoms with Gasteiger partial charge in [0, 0.05) is 7.11 Å². The summed E-state index contributed by atoms with van der Waals surface area (Å²) in [4.78, 5) is 10.5. The smallest absolute Gasteiger partial charge is 0.207 e. The molecule has 148 valence electrons. The molecule has 0 spiro atoms. The first-order chi connectivity index (χ1) is 11.6. The van der Waals surface area contributed by atoms with Crippen molar-refractivity contribution in [2.45, 2.75) is 92.1 Å². The van der Waals surface area contributed by atoms with Gasteiger partial charge >= 0.3 is 0 Å². The lowest BCUT2D eigenvalue weighted by Gasteiger charge is -2.38. The van der Waals surface area contributed by atoms with E-state index in [2.05, 4.69) is 24.9 Å². The Bertz CT molecular complexity index is 385. The molecular formula is C21H41NO3. The highest BCUT2D eigenvalue weighted by atomic mass is 16.5. The van der Waals surface area contributed by atoms with E-state index in [4.69, 9.17) is 9.47 Å². The van der Waals surface area contributed by atoms with E-state index >= 15 is 0 Å². The van der Waals surface area contributed by atoms with Crippen molar-refractivity contribution in [3.8, 4) is 0 Å². The van der Waals surface area contributed by atoms with E-state index in [1.807, 2.05) is 54.5 Å². The van der Waals surface area contributed by atoms with E-state index in [1.165, 1.54) is 5.57 Å². The van der Waals surface area contributed by atoms with Crippen LogP contribution in [0.1, 0.15) is 68.2 Å². The van der Waals surface area contributed by atoms with Crippen LogP contribution in [0.5, 0.6) is 0 Å². The summed E-state index contributed by atoms with van der Waals surface area (Å²) < 4.78 is 10.9. The van der Waals surface area contributed by atoms with Crippen molar-refractivity contribution in [3.05, 3.63) is 24.3 Å². The number of carbonyl (C=O) groups excluding carboxylic acids is 1. The fourth-order valence-electron chi connectivity index (χ4n) is 2.21. The number of hydrogen-bond acceptors (Lipinski definition) is 3. The fourth-order valence-corrected chi connectivity index (χ4v) is 2.21. The second-order valence-corrected chi connectivity index (χ2v) is 7.19. The number of methoxy groups -OCH3 is 1. The second kappa shape index (κ2) is 14.1. The monoisotopic (exact) mass is 355 g/mol. The van der Waals surface area contributed by atoms with E-state index in [0.717, 1.165) is 19.3 Å². The van der Waals surface area contributed by atoms with Crippen molar-refractivity contribution in [2.24, 2.45) is 5.92 Å². The van der Waals surface area contributed by atoms with Crippen LogP contribution in [0.3, 0.4) is 0 Å². The van der Waals surface area contributed by atoms with Crippen molar-refractivity contribution < 1.29 is 14.3 Å². The number of carbonyl (C=O) groups is 1. The summed E-state index contributed by atoms with van der Waals surface area (Å²) in [6.45, 7) is 20.0. The molecule has 1 fully saturated rings. The number of rotatable bonds is 5. The first-order valence-corrected chi connectivity index (χ1v) is 9.34. The maximum Gasteiger partial charge on any atom is 0.207 e. The molecule has 1 amide bonds. The Labute approximate surface area is 156 Å². The zero-order valence-corrected chi connectivity index (χ0v) is 17.9. The van der Waals surface area contributed by atoms with Gasteiger partial charge in [0.1, 0.15) is 0 Å². The van der Waals surface area contributed by atoms with Gasteiger partial charge in [-0.15, -0.1) is 0 Å². The van der Waals surface area contributed by atoms with Gasteiger partial charge in [0.05, 0.1) is 23.9 Å². The number of ether oxygens (including phenoxy) is 2. The van der Waals surface area contributed by atoms with Crippen LogP contribution in [0.25, 0.3) is 0 Å². The number of hydrogen-bond donors (Lipinski definition) is 1. The minimum Gasteiger partial charge on any atom is -0.379 e. The first kappa shape index (κ1) is 26.1. The Morgan fingerprint density at radius 1 is 1.32 bits per heavy atom. The molecule has 0 radical (unpaired) electrons. The maximum absolute atomic E-state index is 10.5. The third-order valence-electron chi connectivity index (χ3n) is 4.11. The van der Waals surface area contributed by atoms with Gasteiger partial charge in [0.25, 0.3) is 0 Å². The van der Waals surface area contributed by atoms with E-state index < -0.39 is 0 Å². The third-order valence-corrected chi connectivity index (χ3v) is 4.11. The van der Waals surface area contributed by atoms with Crippen molar-refractivity contribution in [1.82, 2.24) is 5.32 Å². The molecule has 25 heavy (non-hydrogen) atoms. The Balaban J connectivity index is 0. The molecule has 0 aliphatic carbocycles. The molecule has 1 rings (SSSR count). The molecule has 1 saturated heterocycles. The predicted molar refractivity (Wildman–Crippen MR) is 108 cm³/mol. The lowest BCUT2D eigenvalue weighted by atomic mass is 9.88. The minimum atomic E-state index is 0.0417. The number of nitrogens with one attached hydrogen (secondary N) is 1. The maximum atomic E-state index is 10.5. The molecule has 1 N–H and O–H groups in total. The van der Waals surface area contributed by atoms with Crippen LogP contribution in [-0.2, 0) is 14.3 Å². The van der Waals surface area contributed by atoms with Crippen molar-refractivity contribution in [3.63, 3.8) is 0 Å². The molecule has 4 atom stereocenters. The van der Waals surface area contributed by atoms with E-state index in [-0.39, 0.29) is 23.9 Å². The highest BCUT2D eigenvalue weighted by Gasteiger charge is 2.32. The van der Waals surface area contributed by atoms with Gasteiger partial charge in [-0.25, -0.2) is 0 Å². The van der Waals surface area contributed by atoms with Gasteiger partial charge in [-0.2, -0.15) is 0 Å². The summed E-state index contributed by atoms with van der Waals surface area (Å²) in [5, 5.41) is 2.82. The zero-order chi connectivity index (χ0) is 20.0. The summed E-state index contributed by atoms with van der Waals surface area (Å²) in [6, 6.07) is 0.142. The van der Waals surface area contributed by atoms with Crippen LogP contribution in [0.4, 0.5) is 0 Å². The molecule has 4 heteroatoms. The number of amides is 1. The fraction of sp³-hybridized carbons (Fsp3) is 0.762. The van der Waals surface area contributed by atoms with Gasteiger partial charge in [-0.1, -0.05) is 45.1 Å². The molecular weight excluding hydrogens is 314 g/mol. The summed E-state index contributed by atoms with van der Waals surface area (Å²) in [7, 11) is 1.71. The van der Waals surface area contributed by atoms with E-state index in [1.54, 1.807) is 7.11 Å². The first-order valence-electron chi connectivity index (χ1n) is 9.34. The summed E-state index contributed by atoms with van der Waals surface area (Å²) >= 11 is 0. The van der Waals surface area contributed by atoms with E-state index in [0.29, 0.717) is 5.92 Å². The topological polar surface area (TPSA) is 47.6 Å². The van der Waals surface area contributed by atoms with Crippen LogP contribution in [0, 0.1) is 5.92 Å². The van der Waals surface area contributed by atoms with Crippen LogP contribution in [0.15, 0.2) is 24.3 Å². The molecule has 0 aromatic heterocycles. The molecule has 4 nitrogen and oxygen atoms in total. The average molecular weight is 356 g/mol. The normalized spacial score (nSPS) is 26.4. The van der Waals surface area contributed by atoms with Crippen molar-refractivity contribution >= 4 is 6.41 Å². The largest absolute Gasteiger partial charge is 0.379 e. The van der Waals surface area contributed by atoms with Crippen molar-refractivity contribution in [2.75, 3.05) is 7.11 Å².